The smallest absolute Gasteiger partial charge is 0.151 e. The van der Waals surface area contributed by atoms with Crippen molar-refractivity contribution in [1.82, 2.24) is 4.90 Å². The number of hydrogen-bond donors (Lipinski definition) is 2. The third-order valence-corrected chi connectivity index (χ3v) is 4.92. The molecule has 1 aliphatic rings. The van der Waals surface area contributed by atoms with Gasteiger partial charge in [0.25, 0.3) is 0 Å². The van der Waals surface area contributed by atoms with Crippen LogP contribution in [0, 0.1) is 0 Å². The minimum atomic E-state index is -0.0470. The molecule has 0 saturated carbocycles. The van der Waals surface area contributed by atoms with Crippen LogP contribution in [0.2, 0.25) is 0 Å². The summed E-state index contributed by atoms with van der Waals surface area (Å²) in [6.45, 7) is 5.60. The molecule has 25 heavy (non-hydrogen) atoms. The SMILES string of the molecule is [O-]c1c(C[NH+]2CCN(Cc3ccccc3)CC2)oc2cc(O)ccc12. The fourth-order valence-electron chi connectivity index (χ4n) is 3.50. The molecule has 1 fully saturated rings. The summed E-state index contributed by atoms with van der Waals surface area (Å²) in [5, 5.41) is 22.5. The van der Waals surface area contributed by atoms with E-state index in [2.05, 4.69) is 29.2 Å². The molecule has 130 valence electrons. The van der Waals surface area contributed by atoms with E-state index in [4.69, 9.17) is 4.42 Å². The van der Waals surface area contributed by atoms with Gasteiger partial charge in [0.05, 0.1) is 13.1 Å². The summed E-state index contributed by atoms with van der Waals surface area (Å²) in [5.74, 6) is 0.566. The predicted octanol–water partition coefficient (Wildman–Crippen LogP) is 1.11. The van der Waals surface area contributed by atoms with Crippen molar-refractivity contribution < 1.29 is 19.5 Å². The van der Waals surface area contributed by atoms with Crippen LogP contribution in [-0.4, -0.2) is 36.2 Å². The second kappa shape index (κ2) is 6.78. The van der Waals surface area contributed by atoms with Crippen molar-refractivity contribution >= 4 is 11.0 Å². The molecule has 0 spiro atoms. The number of rotatable bonds is 4. The maximum absolute atomic E-state index is 12.4. The summed E-state index contributed by atoms with van der Waals surface area (Å²) in [5.41, 5.74) is 1.81. The maximum atomic E-state index is 12.4. The van der Waals surface area contributed by atoms with Gasteiger partial charge in [-0.25, -0.2) is 0 Å². The number of piperazine rings is 1. The zero-order chi connectivity index (χ0) is 17.2. The van der Waals surface area contributed by atoms with Crippen LogP contribution in [0.5, 0.6) is 11.5 Å². The Morgan fingerprint density at radius 1 is 1.08 bits per heavy atom. The van der Waals surface area contributed by atoms with Crippen molar-refractivity contribution in [3.63, 3.8) is 0 Å². The van der Waals surface area contributed by atoms with Crippen LogP contribution in [-0.2, 0) is 13.1 Å². The molecule has 0 radical (unpaired) electrons. The molecule has 3 aromatic rings. The van der Waals surface area contributed by atoms with Crippen LogP contribution in [0.15, 0.2) is 52.9 Å². The number of nitrogens with zero attached hydrogens (tertiary/aromatic N) is 1. The van der Waals surface area contributed by atoms with E-state index in [1.54, 1.807) is 6.07 Å². The topological polar surface area (TPSA) is 64.1 Å². The summed E-state index contributed by atoms with van der Waals surface area (Å²) >= 11 is 0. The van der Waals surface area contributed by atoms with Crippen LogP contribution >= 0.6 is 0 Å². The lowest BCUT2D eigenvalue weighted by Gasteiger charge is -2.32. The third-order valence-electron chi connectivity index (χ3n) is 4.92. The van der Waals surface area contributed by atoms with E-state index < -0.39 is 0 Å². The van der Waals surface area contributed by atoms with Gasteiger partial charge in [0, 0.05) is 31.1 Å². The Kier molecular flexibility index (Phi) is 4.34. The highest BCUT2D eigenvalue weighted by atomic mass is 16.4. The van der Waals surface area contributed by atoms with Crippen molar-refractivity contribution in [3.8, 4) is 11.5 Å². The minimum Gasteiger partial charge on any atom is -0.870 e. The molecule has 5 heteroatoms. The van der Waals surface area contributed by atoms with Gasteiger partial charge in [-0.05, 0) is 17.7 Å². The summed E-state index contributed by atoms with van der Waals surface area (Å²) in [6.07, 6.45) is 0. The standard InChI is InChI=1S/C20H22N2O3/c23-16-6-7-17-18(12-16)25-19(20(17)24)14-22-10-8-21(9-11-22)13-15-4-2-1-3-5-15/h1-7,12,23-24H,8-11,13-14H2. The monoisotopic (exact) mass is 338 g/mol. The van der Waals surface area contributed by atoms with Crippen molar-refractivity contribution in [3.05, 3.63) is 59.9 Å². The van der Waals surface area contributed by atoms with Gasteiger partial charge in [-0.2, -0.15) is 0 Å². The highest BCUT2D eigenvalue weighted by molar-refractivity contribution is 5.85. The molecular weight excluding hydrogens is 316 g/mol. The Balaban J connectivity index is 1.38. The fourth-order valence-corrected chi connectivity index (χ4v) is 3.50. The third kappa shape index (κ3) is 3.48. The quantitative estimate of drug-likeness (QED) is 0.748. The Bertz CT molecular complexity index is 852. The second-order valence-corrected chi connectivity index (χ2v) is 6.72. The Labute approximate surface area is 146 Å². The first kappa shape index (κ1) is 16.0. The molecule has 1 saturated heterocycles. The van der Waals surface area contributed by atoms with E-state index in [1.807, 2.05) is 6.07 Å². The van der Waals surface area contributed by atoms with Gasteiger partial charge in [0.15, 0.2) is 5.76 Å². The summed E-state index contributed by atoms with van der Waals surface area (Å²) < 4.78 is 5.70. The van der Waals surface area contributed by atoms with Gasteiger partial charge < -0.3 is 19.5 Å². The molecule has 4 rings (SSSR count). The van der Waals surface area contributed by atoms with Gasteiger partial charge >= 0.3 is 0 Å². The van der Waals surface area contributed by atoms with Crippen LogP contribution in [0.1, 0.15) is 11.3 Å². The number of phenols is 1. The number of benzene rings is 2. The summed E-state index contributed by atoms with van der Waals surface area (Å²) in [7, 11) is 0. The Hall–Kier alpha value is -2.50. The van der Waals surface area contributed by atoms with Crippen LogP contribution in [0.3, 0.4) is 0 Å². The average Bonchev–Trinajstić information content (AvgIpc) is 2.92. The van der Waals surface area contributed by atoms with Crippen molar-refractivity contribution in [2.24, 2.45) is 0 Å². The van der Waals surface area contributed by atoms with Gasteiger partial charge in [0.2, 0.25) is 0 Å². The van der Waals surface area contributed by atoms with E-state index in [0.717, 1.165) is 32.7 Å². The van der Waals surface area contributed by atoms with Gasteiger partial charge in [0.1, 0.15) is 17.9 Å². The molecule has 1 aliphatic heterocycles. The van der Waals surface area contributed by atoms with Gasteiger partial charge in [-0.15, -0.1) is 0 Å². The number of nitrogens with one attached hydrogen (secondary N) is 1. The molecular formula is C20H22N2O3. The molecule has 2 aromatic carbocycles. The van der Waals surface area contributed by atoms with Crippen LogP contribution < -0.4 is 10.0 Å². The Morgan fingerprint density at radius 2 is 1.84 bits per heavy atom. The first-order valence-corrected chi connectivity index (χ1v) is 8.70. The average molecular weight is 338 g/mol. The highest BCUT2D eigenvalue weighted by Crippen LogP contribution is 2.31. The normalized spacial score (nSPS) is 16.5. The van der Waals surface area contributed by atoms with Gasteiger partial charge in [-0.1, -0.05) is 36.1 Å². The van der Waals surface area contributed by atoms with Crippen LogP contribution in [0.25, 0.3) is 11.0 Å². The number of aromatic hydroxyl groups is 1. The van der Waals surface area contributed by atoms with E-state index in [0.29, 0.717) is 23.3 Å². The second-order valence-electron chi connectivity index (χ2n) is 6.72. The molecule has 0 atom stereocenters. The highest BCUT2D eigenvalue weighted by Gasteiger charge is 2.22. The first-order valence-electron chi connectivity index (χ1n) is 8.70. The molecule has 1 aromatic heterocycles. The lowest BCUT2D eigenvalue weighted by Crippen LogP contribution is -3.13. The van der Waals surface area contributed by atoms with E-state index in [-0.39, 0.29) is 11.5 Å². The maximum Gasteiger partial charge on any atom is 0.151 e. The summed E-state index contributed by atoms with van der Waals surface area (Å²) in [6, 6.07) is 15.2. The zero-order valence-electron chi connectivity index (χ0n) is 14.1. The number of hydrogen-bond acceptors (Lipinski definition) is 4. The first-order chi connectivity index (χ1) is 12.2. The van der Waals surface area contributed by atoms with Crippen LogP contribution in [0.4, 0.5) is 0 Å². The molecule has 5 nitrogen and oxygen atoms in total. The zero-order valence-corrected chi connectivity index (χ0v) is 14.1. The molecule has 2 N–H and O–H groups in total. The molecule has 2 heterocycles. The molecule has 0 aliphatic carbocycles. The molecule has 0 bridgehead atoms. The van der Waals surface area contributed by atoms with Gasteiger partial charge in [-0.3, -0.25) is 4.90 Å². The van der Waals surface area contributed by atoms with Crippen molar-refractivity contribution in [1.29, 1.82) is 0 Å². The number of quaternary nitrogens is 1. The van der Waals surface area contributed by atoms with Crippen molar-refractivity contribution in [2.45, 2.75) is 13.1 Å². The summed E-state index contributed by atoms with van der Waals surface area (Å²) in [4.78, 5) is 3.82. The number of phenolic OH excluding ortho intramolecular Hbond substituents is 1. The fraction of sp³-hybridized carbons (Fsp3) is 0.300. The van der Waals surface area contributed by atoms with Crippen molar-refractivity contribution in [2.75, 3.05) is 26.2 Å². The largest absolute Gasteiger partial charge is 0.870 e. The predicted molar refractivity (Wildman–Crippen MR) is 93.4 cm³/mol. The van der Waals surface area contributed by atoms with E-state index >= 15 is 0 Å². The van der Waals surface area contributed by atoms with E-state index in [1.165, 1.54) is 22.6 Å². The lowest BCUT2D eigenvalue weighted by molar-refractivity contribution is -0.919. The van der Waals surface area contributed by atoms with E-state index in [9.17, 15) is 10.2 Å². The molecule has 0 amide bonds. The number of furan rings is 1. The number of fused-ring (bicyclic) bond motifs is 1. The molecule has 0 unspecified atom stereocenters. The minimum absolute atomic E-state index is 0.0470. The lowest BCUT2D eigenvalue weighted by atomic mass is 10.2. The Morgan fingerprint density at radius 3 is 2.60 bits per heavy atom.